The number of likely N-dealkylation sites (N-methyl/N-ethyl adjacent to an activating group) is 2. The number of methoxy groups -OCH3 is 3. The van der Waals surface area contributed by atoms with Gasteiger partial charge in [-0.25, -0.2) is 4.79 Å². The van der Waals surface area contributed by atoms with Crippen LogP contribution in [0.15, 0.2) is 35.4 Å². The van der Waals surface area contributed by atoms with Crippen molar-refractivity contribution < 1.29 is 38.2 Å². The Bertz CT molecular complexity index is 1490. The van der Waals surface area contributed by atoms with Gasteiger partial charge in [-0.15, -0.1) is 0 Å². The van der Waals surface area contributed by atoms with Crippen LogP contribution in [0.1, 0.15) is 73.3 Å². The molecule has 10 atom stereocenters. The van der Waals surface area contributed by atoms with Gasteiger partial charge in [-0.05, 0) is 42.3 Å². The van der Waals surface area contributed by atoms with Gasteiger partial charge in [0.1, 0.15) is 12.1 Å². The molecule has 16 nitrogen and oxygen atoms in total. The SMILES string of the molecule is CC[C@H](C)[C@@H]([C@@H](CC(=O)N1CC(N=[N+]=[N-])C[C@H]1[C@H](OC)[C@@H](C)C(=O)N[C@@H](Cc1ccccc1)C(=O)OC)OC)N(C)C(=O)[C@@H](NC(=O)[C@@H](NC)C(C)C)C(C)C. The first kappa shape index (κ1) is 47.9. The van der Waals surface area contributed by atoms with Crippen molar-refractivity contribution in [2.45, 2.75) is 123 Å². The zero-order valence-corrected chi connectivity index (χ0v) is 35.4. The zero-order chi connectivity index (χ0) is 42.3. The minimum Gasteiger partial charge on any atom is -0.467 e. The lowest BCUT2D eigenvalue weighted by Gasteiger charge is -2.41. The highest BCUT2D eigenvalue weighted by molar-refractivity contribution is 5.90. The number of nitrogens with one attached hydrogen (secondary N) is 3. The first-order valence-corrected chi connectivity index (χ1v) is 19.6. The molecule has 0 spiro atoms. The fourth-order valence-corrected chi connectivity index (χ4v) is 7.69. The summed E-state index contributed by atoms with van der Waals surface area (Å²) in [5.74, 6) is -3.17. The Kier molecular flexibility index (Phi) is 19.8. The smallest absolute Gasteiger partial charge is 0.328 e. The molecule has 1 unspecified atom stereocenters. The Labute approximate surface area is 332 Å². The molecule has 1 aliphatic heterocycles. The molecule has 1 fully saturated rings. The van der Waals surface area contributed by atoms with Gasteiger partial charge in [0, 0.05) is 39.1 Å². The maximum absolute atomic E-state index is 14.4. The molecule has 3 N–H and O–H groups in total. The van der Waals surface area contributed by atoms with E-state index in [0.717, 1.165) is 5.56 Å². The number of ether oxygens (including phenoxy) is 3. The summed E-state index contributed by atoms with van der Waals surface area (Å²) in [6.07, 6.45) is -0.607. The van der Waals surface area contributed by atoms with Gasteiger partial charge < -0.3 is 40.0 Å². The van der Waals surface area contributed by atoms with E-state index >= 15 is 0 Å². The molecule has 0 saturated carbocycles. The number of esters is 1. The summed E-state index contributed by atoms with van der Waals surface area (Å²) >= 11 is 0. The number of amides is 4. The fraction of sp³-hybridized carbons (Fsp3) is 0.725. The molecular weight excluding hydrogens is 720 g/mol. The maximum Gasteiger partial charge on any atom is 0.328 e. The van der Waals surface area contributed by atoms with E-state index in [1.807, 2.05) is 71.9 Å². The van der Waals surface area contributed by atoms with Crippen LogP contribution in [0.5, 0.6) is 0 Å². The Morgan fingerprint density at radius 3 is 2.07 bits per heavy atom. The van der Waals surface area contributed by atoms with Crippen molar-refractivity contribution in [1.29, 1.82) is 0 Å². The molecule has 1 aliphatic rings. The van der Waals surface area contributed by atoms with Gasteiger partial charge in [0.2, 0.25) is 23.6 Å². The van der Waals surface area contributed by atoms with Crippen molar-refractivity contribution in [3.05, 3.63) is 46.3 Å². The van der Waals surface area contributed by atoms with Crippen molar-refractivity contribution in [3.63, 3.8) is 0 Å². The van der Waals surface area contributed by atoms with Crippen LogP contribution < -0.4 is 16.0 Å². The van der Waals surface area contributed by atoms with Crippen LogP contribution in [-0.4, -0.2) is 130 Å². The topological polar surface area (TPSA) is 204 Å². The lowest BCUT2D eigenvalue weighted by atomic mass is 9.89. The number of likely N-dealkylation sites (tertiary alicyclic amines) is 1. The van der Waals surface area contributed by atoms with Gasteiger partial charge in [0.25, 0.3) is 0 Å². The second kappa shape index (κ2) is 23.1. The van der Waals surface area contributed by atoms with E-state index in [9.17, 15) is 29.5 Å². The number of hydrogen-bond donors (Lipinski definition) is 3. The molecule has 4 amide bonds. The quantitative estimate of drug-likeness (QED) is 0.0681. The molecule has 1 saturated heterocycles. The molecule has 1 aromatic rings. The van der Waals surface area contributed by atoms with Crippen molar-refractivity contribution in [3.8, 4) is 0 Å². The summed E-state index contributed by atoms with van der Waals surface area (Å²) in [4.78, 5) is 74.5. The van der Waals surface area contributed by atoms with E-state index in [0.29, 0.717) is 6.42 Å². The first-order chi connectivity index (χ1) is 26.5. The molecule has 16 heteroatoms. The van der Waals surface area contributed by atoms with Crippen molar-refractivity contribution in [1.82, 2.24) is 25.8 Å². The van der Waals surface area contributed by atoms with Crippen LogP contribution in [0.25, 0.3) is 10.4 Å². The second-order valence-corrected chi connectivity index (χ2v) is 15.5. The largest absolute Gasteiger partial charge is 0.467 e. The van der Waals surface area contributed by atoms with Gasteiger partial charge in [-0.1, -0.05) is 90.3 Å². The van der Waals surface area contributed by atoms with Gasteiger partial charge in [0.15, 0.2) is 0 Å². The third-order valence-electron chi connectivity index (χ3n) is 11.1. The van der Waals surface area contributed by atoms with E-state index in [-0.39, 0.29) is 61.3 Å². The first-order valence-electron chi connectivity index (χ1n) is 19.6. The Balaban J connectivity index is 2.40. The minimum atomic E-state index is -0.963. The van der Waals surface area contributed by atoms with Crippen LogP contribution in [0, 0.1) is 23.7 Å². The molecule has 314 valence electrons. The maximum atomic E-state index is 14.4. The summed E-state index contributed by atoms with van der Waals surface area (Å²) in [6, 6.07) is 5.15. The molecule has 1 heterocycles. The standard InChI is InChI=1S/C40H66N8O8/c1-13-25(6)35(47(9)39(52)34(24(4)5)44-38(51)33(42-8)23(2)3)31(54-10)21-32(49)48-22-28(45-46-41)20-30(48)36(55-11)26(7)37(50)43-29(40(53)56-12)19-27-17-15-14-16-18-27/h14-18,23-26,28-31,33-36,42H,13,19-22H2,1-12H3,(H,43,50)(H,44,51)/t25-,26+,28?,29-,30-,31+,33-,34-,35-,36+/m0/s1. The molecule has 0 aliphatic carbocycles. The second-order valence-electron chi connectivity index (χ2n) is 15.5. The van der Waals surface area contributed by atoms with Crippen LogP contribution in [0.4, 0.5) is 0 Å². The van der Waals surface area contributed by atoms with E-state index in [2.05, 4.69) is 26.0 Å². The Morgan fingerprint density at radius 2 is 1.57 bits per heavy atom. The molecule has 0 aromatic heterocycles. The molecule has 0 radical (unpaired) electrons. The fourth-order valence-electron chi connectivity index (χ4n) is 7.69. The van der Waals surface area contributed by atoms with E-state index in [4.69, 9.17) is 14.2 Å². The van der Waals surface area contributed by atoms with E-state index in [1.165, 1.54) is 21.3 Å². The summed E-state index contributed by atoms with van der Waals surface area (Å²) in [5, 5.41) is 12.7. The predicted octanol–water partition coefficient (Wildman–Crippen LogP) is 3.48. The Morgan fingerprint density at radius 1 is 0.946 bits per heavy atom. The number of hydrogen-bond acceptors (Lipinski definition) is 10. The molecule has 2 rings (SSSR count). The van der Waals surface area contributed by atoms with Crippen LogP contribution in [0.3, 0.4) is 0 Å². The summed E-state index contributed by atoms with van der Waals surface area (Å²) in [7, 11) is 7.58. The highest BCUT2D eigenvalue weighted by Gasteiger charge is 2.45. The number of azide groups is 1. The summed E-state index contributed by atoms with van der Waals surface area (Å²) < 4.78 is 16.9. The Hall–Kier alpha value is -4.24. The lowest BCUT2D eigenvalue weighted by molar-refractivity contribution is -0.148. The number of carbonyl (C=O) groups excluding carboxylic acids is 5. The number of nitrogens with zero attached hydrogens (tertiary/aromatic N) is 5. The normalized spacial score (nSPS) is 19.8. The average molecular weight is 787 g/mol. The number of benzene rings is 1. The summed E-state index contributed by atoms with van der Waals surface area (Å²) in [6.45, 7) is 13.3. The third-order valence-corrected chi connectivity index (χ3v) is 11.1. The van der Waals surface area contributed by atoms with Crippen molar-refractivity contribution in [2.75, 3.05) is 42.0 Å². The highest BCUT2D eigenvalue weighted by atomic mass is 16.5. The van der Waals surface area contributed by atoms with Gasteiger partial charge in [-0.2, -0.15) is 0 Å². The number of rotatable bonds is 22. The molecule has 56 heavy (non-hydrogen) atoms. The van der Waals surface area contributed by atoms with Crippen molar-refractivity contribution >= 4 is 29.6 Å². The van der Waals surface area contributed by atoms with Crippen LogP contribution >= 0.6 is 0 Å². The van der Waals surface area contributed by atoms with Crippen molar-refractivity contribution in [2.24, 2.45) is 28.8 Å². The highest BCUT2D eigenvalue weighted by Crippen LogP contribution is 2.31. The third kappa shape index (κ3) is 12.6. The van der Waals surface area contributed by atoms with Gasteiger partial charge >= 0.3 is 5.97 Å². The predicted molar refractivity (Wildman–Crippen MR) is 213 cm³/mol. The zero-order valence-electron chi connectivity index (χ0n) is 35.4. The summed E-state index contributed by atoms with van der Waals surface area (Å²) in [5.41, 5.74) is 10.2. The van der Waals surface area contributed by atoms with Gasteiger partial charge in [0.05, 0.1) is 55.8 Å². The minimum absolute atomic E-state index is 0.00302. The molecule has 0 bridgehead atoms. The van der Waals surface area contributed by atoms with Gasteiger partial charge in [-0.3, -0.25) is 19.2 Å². The average Bonchev–Trinajstić information content (AvgIpc) is 3.59. The van der Waals surface area contributed by atoms with Crippen LogP contribution in [-0.2, 0) is 44.6 Å². The number of carbonyl (C=O) groups is 5. The molecular formula is C40H66N8O8. The molecule has 1 aromatic carbocycles. The monoisotopic (exact) mass is 787 g/mol. The van der Waals surface area contributed by atoms with Crippen LogP contribution in [0.2, 0.25) is 0 Å². The van der Waals surface area contributed by atoms with E-state index < -0.39 is 66.3 Å². The lowest BCUT2D eigenvalue weighted by Crippen LogP contribution is -2.59. The van der Waals surface area contributed by atoms with E-state index in [1.54, 1.807) is 30.8 Å².